The molecule has 0 saturated heterocycles. The molecule has 104 valence electrons. The average Bonchev–Trinajstić information content (AvgIpc) is 3.01. The molecule has 0 aliphatic carbocycles. The molecule has 0 radical (unpaired) electrons. The SMILES string of the molecule is CCC(NC)c1ccn(Cc2noc(C(C)C)n2)c1. The molecule has 0 spiro atoms. The van der Waals surface area contributed by atoms with E-state index in [1.54, 1.807) is 0 Å². The Morgan fingerprint density at radius 3 is 2.79 bits per heavy atom. The largest absolute Gasteiger partial charge is 0.346 e. The van der Waals surface area contributed by atoms with Crippen molar-refractivity contribution in [2.24, 2.45) is 0 Å². The van der Waals surface area contributed by atoms with Crippen LogP contribution < -0.4 is 5.32 Å². The van der Waals surface area contributed by atoms with Crippen molar-refractivity contribution in [2.75, 3.05) is 7.05 Å². The lowest BCUT2D eigenvalue weighted by molar-refractivity contribution is 0.360. The van der Waals surface area contributed by atoms with E-state index in [0.717, 1.165) is 12.2 Å². The summed E-state index contributed by atoms with van der Waals surface area (Å²) in [6.45, 7) is 6.91. The lowest BCUT2D eigenvalue weighted by Gasteiger charge is -2.11. The van der Waals surface area contributed by atoms with Crippen LogP contribution in [-0.2, 0) is 6.54 Å². The van der Waals surface area contributed by atoms with E-state index >= 15 is 0 Å². The monoisotopic (exact) mass is 262 g/mol. The van der Waals surface area contributed by atoms with E-state index in [1.165, 1.54) is 5.56 Å². The van der Waals surface area contributed by atoms with Gasteiger partial charge in [0.25, 0.3) is 0 Å². The standard InChI is InChI=1S/C14H22N4O/c1-5-12(15-4)11-6-7-18(8-11)9-13-16-14(10(2)3)19-17-13/h6-8,10,12,15H,5,9H2,1-4H3. The van der Waals surface area contributed by atoms with Crippen molar-refractivity contribution in [1.29, 1.82) is 0 Å². The molecule has 0 aromatic carbocycles. The number of hydrogen-bond donors (Lipinski definition) is 1. The van der Waals surface area contributed by atoms with Gasteiger partial charge < -0.3 is 14.4 Å². The van der Waals surface area contributed by atoms with E-state index < -0.39 is 0 Å². The van der Waals surface area contributed by atoms with Crippen LogP contribution in [0.15, 0.2) is 23.0 Å². The molecular formula is C14H22N4O. The molecule has 0 fully saturated rings. The molecule has 1 unspecified atom stereocenters. The van der Waals surface area contributed by atoms with Crippen molar-refractivity contribution in [1.82, 2.24) is 20.0 Å². The predicted molar refractivity (Wildman–Crippen MR) is 74.0 cm³/mol. The minimum Gasteiger partial charge on any atom is -0.346 e. The third-order valence-electron chi connectivity index (χ3n) is 3.23. The Morgan fingerprint density at radius 2 is 2.21 bits per heavy atom. The second-order valence-corrected chi connectivity index (χ2v) is 5.07. The van der Waals surface area contributed by atoms with Crippen molar-refractivity contribution < 1.29 is 4.52 Å². The van der Waals surface area contributed by atoms with Gasteiger partial charge in [0, 0.05) is 24.4 Å². The van der Waals surface area contributed by atoms with Crippen LogP contribution in [0.5, 0.6) is 0 Å². The second kappa shape index (κ2) is 6.02. The summed E-state index contributed by atoms with van der Waals surface area (Å²) in [6.07, 6.45) is 5.26. The van der Waals surface area contributed by atoms with E-state index in [-0.39, 0.29) is 5.92 Å². The zero-order chi connectivity index (χ0) is 13.8. The quantitative estimate of drug-likeness (QED) is 0.869. The smallest absolute Gasteiger partial charge is 0.229 e. The summed E-state index contributed by atoms with van der Waals surface area (Å²) >= 11 is 0. The van der Waals surface area contributed by atoms with Crippen LogP contribution in [0.25, 0.3) is 0 Å². The molecular weight excluding hydrogens is 240 g/mol. The zero-order valence-corrected chi connectivity index (χ0v) is 12.1. The van der Waals surface area contributed by atoms with Crippen LogP contribution >= 0.6 is 0 Å². The van der Waals surface area contributed by atoms with Crippen molar-refractivity contribution in [3.8, 4) is 0 Å². The van der Waals surface area contributed by atoms with Gasteiger partial charge in [0.1, 0.15) is 0 Å². The van der Waals surface area contributed by atoms with Gasteiger partial charge in [-0.2, -0.15) is 4.98 Å². The first-order valence-electron chi connectivity index (χ1n) is 6.79. The van der Waals surface area contributed by atoms with E-state index in [9.17, 15) is 0 Å². The van der Waals surface area contributed by atoms with Crippen LogP contribution in [-0.4, -0.2) is 21.8 Å². The first kappa shape index (κ1) is 13.8. The highest BCUT2D eigenvalue weighted by Crippen LogP contribution is 2.17. The molecule has 19 heavy (non-hydrogen) atoms. The van der Waals surface area contributed by atoms with Gasteiger partial charge in [-0.1, -0.05) is 25.9 Å². The van der Waals surface area contributed by atoms with Gasteiger partial charge in [-0.05, 0) is 25.1 Å². The Morgan fingerprint density at radius 1 is 1.42 bits per heavy atom. The predicted octanol–water partition coefficient (Wildman–Crippen LogP) is 2.71. The molecule has 0 bridgehead atoms. The molecule has 0 aliphatic rings. The maximum absolute atomic E-state index is 5.21. The van der Waals surface area contributed by atoms with Gasteiger partial charge in [0.15, 0.2) is 5.82 Å². The van der Waals surface area contributed by atoms with Gasteiger partial charge >= 0.3 is 0 Å². The Balaban J connectivity index is 2.06. The minimum atomic E-state index is 0.273. The Labute approximate surface area is 114 Å². The maximum atomic E-state index is 5.21. The normalized spacial score (nSPS) is 13.1. The summed E-state index contributed by atoms with van der Waals surface area (Å²) in [5.41, 5.74) is 1.29. The maximum Gasteiger partial charge on any atom is 0.229 e. The number of hydrogen-bond acceptors (Lipinski definition) is 4. The average molecular weight is 262 g/mol. The van der Waals surface area contributed by atoms with Crippen molar-refractivity contribution in [3.63, 3.8) is 0 Å². The summed E-state index contributed by atoms with van der Waals surface area (Å²) in [5, 5.41) is 7.31. The molecule has 2 aromatic rings. The number of rotatable bonds is 6. The topological polar surface area (TPSA) is 55.9 Å². The highest BCUT2D eigenvalue weighted by molar-refractivity contribution is 5.15. The van der Waals surface area contributed by atoms with Crippen LogP contribution in [0.2, 0.25) is 0 Å². The van der Waals surface area contributed by atoms with Gasteiger partial charge in [-0.15, -0.1) is 0 Å². The Bertz CT molecular complexity index is 511. The Kier molecular flexibility index (Phi) is 4.37. The summed E-state index contributed by atoms with van der Waals surface area (Å²) in [7, 11) is 1.99. The number of nitrogens with one attached hydrogen (secondary N) is 1. The molecule has 1 atom stereocenters. The highest BCUT2D eigenvalue weighted by atomic mass is 16.5. The first-order chi connectivity index (χ1) is 9.13. The van der Waals surface area contributed by atoms with E-state index in [4.69, 9.17) is 4.52 Å². The lowest BCUT2D eigenvalue weighted by atomic mass is 10.1. The fourth-order valence-electron chi connectivity index (χ4n) is 2.10. The molecule has 5 heteroatoms. The van der Waals surface area contributed by atoms with E-state index in [2.05, 4.69) is 45.4 Å². The lowest BCUT2D eigenvalue weighted by Crippen LogP contribution is -2.14. The molecule has 1 N–H and O–H groups in total. The third-order valence-corrected chi connectivity index (χ3v) is 3.23. The first-order valence-corrected chi connectivity index (χ1v) is 6.79. The summed E-state index contributed by atoms with van der Waals surface area (Å²) in [6, 6.07) is 2.53. The fraction of sp³-hybridized carbons (Fsp3) is 0.571. The van der Waals surface area contributed by atoms with E-state index in [0.29, 0.717) is 18.5 Å². The highest BCUT2D eigenvalue weighted by Gasteiger charge is 2.11. The summed E-state index contributed by atoms with van der Waals surface area (Å²) in [5.74, 6) is 1.70. The molecule has 2 rings (SSSR count). The molecule has 0 saturated carbocycles. The molecule has 5 nitrogen and oxygen atoms in total. The van der Waals surface area contributed by atoms with Crippen LogP contribution in [0, 0.1) is 0 Å². The van der Waals surface area contributed by atoms with E-state index in [1.807, 2.05) is 20.9 Å². The number of aromatic nitrogens is 3. The van der Waals surface area contributed by atoms with Gasteiger partial charge in [0.2, 0.25) is 5.89 Å². The second-order valence-electron chi connectivity index (χ2n) is 5.07. The zero-order valence-electron chi connectivity index (χ0n) is 12.1. The van der Waals surface area contributed by atoms with Crippen molar-refractivity contribution in [3.05, 3.63) is 35.7 Å². The van der Waals surface area contributed by atoms with Crippen LogP contribution in [0.3, 0.4) is 0 Å². The van der Waals surface area contributed by atoms with Crippen LogP contribution in [0.1, 0.15) is 56.4 Å². The van der Waals surface area contributed by atoms with Crippen LogP contribution in [0.4, 0.5) is 0 Å². The summed E-state index contributed by atoms with van der Waals surface area (Å²) < 4.78 is 7.30. The van der Waals surface area contributed by atoms with Crippen molar-refractivity contribution in [2.45, 2.75) is 45.7 Å². The molecule has 2 heterocycles. The molecule has 0 aliphatic heterocycles. The summed E-state index contributed by atoms with van der Waals surface area (Å²) in [4.78, 5) is 4.39. The van der Waals surface area contributed by atoms with Gasteiger partial charge in [0.05, 0.1) is 6.54 Å². The van der Waals surface area contributed by atoms with Gasteiger partial charge in [-0.25, -0.2) is 0 Å². The van der Waals surface area contributed by atoms with Gasteiger partial charge in [-0.3, -0.25) is 0 Å². The minimum absolute atomic E-state index is 0.273. The fourth-order valence-corrected chi connectivity index (χ4v) is 2.10. The third kappa shape index (κ3) is 3.23. The van der Waals surface area contributed by atoms with Crippen molar-refractivity contribution >= 4 is 0 Å². The molecule has 0 amide bonds. The number of nitrogens with zero attached hydrogens (tertiary/aromatic N) is 3. The molecule has 2 aromatic heterocycles. The Hall–Kier alpha value is -1.62.